The first-order chi connectivity index (χ1) is 17.4. The van der Waals surface area contributed by atoms with Crippen LogP contribution in [0, 0.1) is 6.92 Å². The molecule has 198 valence electrons. The predicted octanol–water partition coefficient (Wildman–Crippen LogP) is 5.45. The third kappa shape index (κ3) is 5.13. The van der Waals surface area contributed by atoms with Gasteiger partial charge in [-0.3, -0.25) is 9.10 Å². The zero-order chi connectivity index (χ0) is 27.1. The number of carbonyl (C=O) groups is 1. The van der Waals surface area contributed by atoms with Gasteiger partial charge in [0.2, 0.25) is 17.7 Å². The maximum absolute atomic E-state index is 13.1. The number of rotatable bonds is 8. The first-order valence-corrected chi connectivity index (χ1v) is 13.1. The fraction of sp³-hybridized carbons (Fsp3) is 0.444. The molecule has 1 amide bonds. The number of nitrogens with zero attached hydrogens (tertiary/aromatic N) is 3. The molecule has 0 spiro atoms. The van der Waals surface area contributed by atoms with Crippen molar-refractivity contribution in [1.82, 2.24) is 9.97 Å². The second kappa shape index (κ2) is 9.90. The molecule has 0 radical (unpaired) electrons. The molecule has 9 nitrogen and oxygen atoms in total. The number of nitrogens with one attached hydrogen (secondary N) is 1. The second-order valence-electron chi connectivity index (χ2n) is 9.94. The molecule has 0 aliphatic carbocycles. The van der Waals surface area contributed by atoms with Gasteiger partial charge in [0.1, 0.15) is 5.76 Å². The van der Waals surface area contributed by atoms with Gasteiger partial charge in [0.25, 0.3) is 5.91 Å². The van der Waals surface area contributed by atoms with E-state index < -0.39 is 5.91 Å². The fourth-order valence-electron chi connectivity index (χ4n) is 4.68. The molecule has 0 saturated heterocycles. The summed E-state index contributed by atoms with van der Waals surface area (Å²) in [5.41, 5.74) is 4.17. The van der Waals surface area contributed by atoms with Crippen LogP contribution in [0.15, 0.2) is 28.7 Å². The van der Waals surface area contributed by atoms with E-state index >= 15 is 0 Å². The van der Waals surface area contributed by atoms with Gasteiger partial charge in [0.15, 0.2) is 11.4 Å². The minimum absolute atomic E-state index is 0.160. The Bertz CT molecular complexity index is 1310. The van der Waals surface area contributed by atoms with Crippen molar-refractivity contribution in [1.29, 1.82) is 0 Å². The van der Waals surface area contributed by atoms with Gasteiger partial charge >= 0.3 is 0 Å². The predicted molar refractivity (Wildman–Crippen MR) is 145 cm³/mol. The van der Waals surface area contributed by atoms with Crippen LogP contribution >= 0.6 is 11.9 Å². The lowest BCUT2D eigenvalue weighted by Crippen LogP contribution is -2.22. The second-order valence-corrected chi connectivity index (χ2v) is 10.9. The summed E-state index contributed by atoms with van der Waals surface area (Å²) < 4.78 is 24.8. The largest absolute Gasteiger partial charge is 0.479 e. The van der Waals surface area contributed by atoms with Crippen molar-refractivity contribution in [2.45, 2.75) is 52.2 Å². The van der Waals surface area contributed by atoms with Gasteiger partial charge in [-0.2, -0.15) is 9.97 Å². The molecule has 1 N–H and O–H groups in total. The van der Waals surface area contributed by atoms with Gasteiger partial charge in [0.05, 0.1) is 25.4 Å². The molecule has 1 aromatic carbocycles. The molecule has 10 heteroatoms. The average molecular weight is 527 g/mol. The van der Waals surface area contributed by atoms with Crippen molar-refractivity contribution in [3.63, 3.8) is 0 Å². The average Bonchev–Trinajstić information content (AvgIpc) is 3.38. The molecule has 0 bridgehead atoms. The van der Waals surface area contributed by atoms with Crippen LogP contribution in [0.4, 0.5) is 11.6 Å². The highest BCUT2D eigenvalue weighted by molar-refractivity contribution is 7.99. The van der Waals surface area contributed by atoms with Gasteiger partial charge in [-0.25, -0.2) is 0 Å². The summed E-state index contributed by atoms with van der Waals surface area (Å²) >= 11 is 1.43. The number of anilines is 2. The quantitative estimate of drug-likeness (QED) is 0.384. The molecule has 1 aliphatic rings. The number of fused-ring (bicyclic) bond motifs is 1. The SMILES string of the molecule is COc1nc(N(C)SC)nc(OC)c1NC(=O)c1ccc(Cc2cc3c(cc2C)C(C)(C)OC3(C)C)o1. The summed E-state index contributed by atoms with van der Waals surface area (Å²) in [6, 6.07) is 7.86. The van der Waals surface area contributed by atoms with Crippen LogP contribution in [0.2, 0.25) is 0 Å². The summed E-state index contributed by atoms with van der Waals surface area (Å²) in [5, 5.41) is 2.77. The molecule has 3 aromatic rings. The standard InChI is InChI=1S/C27H34N4O5S/c1-15-12-18-19(27(4,5)36-26(18,2)3)14-16(15)13-17-10-11-20(35-17)22(32)28-21-23(33-7)29-25(31(6)37-9)30-24(21)34-8/h10-12,14H,13H2,1-9H3,(H,28,32). The number of methoxy groups -OCH3 is 2. The minimum atomic E-state index is -0.459. The molecule has 0 atom stereocenters. The molecule has 2 aromatic heterocycles. The van der Waals surface area contributed by atoms with E-state index in [1.807, 2.05) is 19.4 Å². The van der Waals surface area contributed by atoms with Gasteiger partial charge in [-0.15, -0.1) is 0 Å². The van der Waals surface area contributed by atoms with Crippen LogP contribution in [-0.4, -0.2) is 43.4 Å². The third-order valence-electron chi connectivity index (χ3n) is 6.55. The molecule has 1 aliphatic heterocycles. The van der Waals surface area contributed by atoms with Gasteiger partial charge < -0.3 is 23.9 Å². The number of ether oxygens (including phenoxy) is 3. The lowest BCUT2D eigenvalue weighted by molar-refractivity contribution is -0.105. The molecular formula is C27H34N4O5S. The van der Waals surface area contributed by atoms with Crippen molar-refractivity contribution in [2.75, 3.05) is 37.1 Å². The number of aromatic nitrogens is 2. The van der Waals surface area contributed by atoms with Gasteiger partial charge in [-0.05, 0) is 69.0 Å². The third-order valence-corrected chi connectivity index (χ3v) is 7.26. The number of hydrogen-bond acceptors (Lipinski definition) is 9. The Morgan fingerprint density at radius 1 is 1.05 bits per heavy atom. The van der Waals surface area contributed by atoms with Crippen LogP contribution in [0.25, 0.3) is 0 Å². The van der Waals surface area contributed by atoms with E-state index in [9.17, 15) is 4.79 Å². The fourth-order valence-corrected chi connectivity index (χ4v) is 4.92. The maximum atomic E-state index is 13.1. The smallest absolute Gasteiger partial charge is 0.291 e. The maximum Gasteiger partial charge on any atom is 0.291 e. The minimum Gasteiger partial charge on any atom is -0.479 e. The summed E-state index contributed by atoms with van der Waals surface area (Å²) in [6.45, 7) is 10.5. The number of furan rings is 1. The summed E-state index contributed by atoms with van der Waals surface area (Å²) in [5.74, 6) is 1.14. The highest BCUT2D eigenvalue weighted by Gasteiger charge is 2.43. The molecule has 0 fully saturated rings. The van der Waals surface area contributed by atoms with E-state index in [1.54, 1.807) is 10.4 Å². The van der Waals surface area contributed by atoms with Crippen LogP contribution < -0.4 is 19.1 Å². The topological polar surface area (TPSA) is 99.0 Å². The van der Waals surface area contributed by atoms with E-state index in [0.29, 0.717) is 18.1 Å². The molecular weight excluding hydrogens is 492 g/mol. The Balaban J connectivity index is 1.57. The van der Waals surface area contributed by atoms with Crippen molar-refractivity contribution in [3.8, 4) is 11.8 Å². The Hall–Kier alpha value is -3.24. The Labute approximate surface area is 222 Å². The first-order valence-electron chi connectivity index (χ1n) is 11.9. The highest BCUT2D eigenvalue weighted by Crippen LogP contribution is 2.47. The van der Waals surface area contributed by atoms with E-state index in [2.05, 4.69) is 62.0 Å². The molecule has 4 rings (SSSR count). The Kier molecular flexibility index (Phi) is 7.18. The van der Waals surface area contributed by atoms with Crippen LogP contribution in [0.3, 0.4) is 0 Å². The lowest BCUT2D eigenvalue weighted by atomic mass is 9.86. The van der Waals surface area contributed by atoms with E-state index in [1.165, 1.54) is 37.3 Å². The van der Waals surface area contributed by atoms with E-state index in [0.717, 1.165) is 11.1 Å². The number of amides is 1. The lowest BCUT2D eigenvalue weighted by Gasteiger charge is -2.24. The van der Waals surface area contributed by atoms with Gasteiger partial charge in [-0.1, -0.05) is 24.1 Å². The van der Waals surface area contributed by atoms with Crippen molar-refractivity contribution < 1.29 is 23.4 Å². The van der Waals surface area contributed by atoms with Crippen molar-refractivity contribution in [2.24, 2.45) is 0 Å². The zero-order valence-electron chi connectivity index (χ0n) is 22.8. The monoisotopic (exact) mass is 526 g/mol. The Morgan fingerprint density at radius 3 is 2.22 bits per heavy atom. The number of carbonyl (C=O) groups excluding carboxylic acids is 1. The first kappa shape index (κ1) is 26.8. The molecule has 3 heterocycles. The van der Waals surface area contributed by atoms with Crippen LogP contribution in [-0.2, 0) is 22.4 Å². The summed E-state index contributed by atoms with van der Waals surface area (Å²) in [6.07, 6.45) is 2.44. The number of benzene rings is 1. The van der Waals surface area contributed by atoms with Crippen LogP contribution in [0.5, 0.6) is 11.8 Å². The summed E-state index contributed by atoms with van der Waals surface area (Å²) in [4.78, 5) is 21.8. The molecule has 0 saturated carbocycles. The van der Waals surface area contributed by atoms with E-state index in [-0.39, 0.29) is 34.4 Å². The Morgan fingerprint density at radius 2 is 1.65 bits per heavy atom. The van der Waals surface area contributed by atoms with E-state index in [4.69, 9.17) is 18.6 Å². The molecule has 0 unspecified atom stereocenters. The van der Waals surface area contributed by atoms with Crippen LogP contribution in [0.1, 0.15) is 66.3 Å². The van der Waals surface area contributed by atoms with Gasteiger partial charge in [0, 0.05) is 19.7 Å². The van der Waals surface area contributed by atoms with Crippen molar-refractivity contribution >= 4 is 29.5 Å². The van der Waals surface area contributed by atoms with Crippen molar-refractivity contribution in [3.05, 3.63) is 58.0 Å². The normalized spacial score (nSPS) is 15.3. The zero-order valence-corrected chi connectivity index (χ0v) is 23.6. The number of aryl methyl sites for hydroxylation is 1. The summed E-state index contributed by atoms with van der Waals surface area (Å²) in [7, 11) is 4.76. The highest BCUT2D eigenvalue weighted by atomic mass is 32.2. The molecule has 37 heavy (non-hydrogen) atoms. The number of hydrogen-bond donors (Lipinski definition) is 1.